The van der Waals surface area contributed by atoms with Gasteiger partial charge in [-0.25, -0.2) is 0 Å². The van der Waals surface area contributed by atoms with Crippen LogP contribution >= 0.6 is 0 Å². The van der Waals surface area contributed by atoms with E-state index in [0.717, 1.165) is 25.7 Å². The molecule has 4 aliphatic carbocycles. The molecule has 4 fully saturated rings. The number of hydrogen-bond donors (Lipinski definition) is 1. The summed E-state index contributed by atoms with van der Waals surface area (Å²) in [5, 5.41) is 10.5. The van der Waals surface area contributed by atoms with Crippen molar-refractivity contribution >= 4 is 11.6 Å². The predicted octanol–water partition coefficient (Wildman–Crippen LogP) is 3.00. The summed E-state index contributed by atoms with van der Waals surface area (Å²) in [6.45, 7) is 4.37. The van der Waals surface area contributed by atoms with Crippen molar-refractivity contribution in [2.45, 2.75) is 64.9 Å². The molecule has 0 aromatic carbocycles. The number of aliphatic hydroxyl groups excluding tert-OH is 1. The Balaban J connectivity index is 1.70. The number of Topliss-reactive ketones (excluding diaryl/α,β-unsaturated/α-hetero) is 2. The second-order valence-electron chi connectivity index (χ2n) is 9.31. The molecule has 8 unspecified atom stereocenters. The summed E-state index contributed by atoms with van der Waals surface area (Å²) < 4.78 is 0. The molecule has 0 radical (unpaired) electrons. The van der Waals surface area contributed by atoms with Gasteiger partial charge in [-0.05, 0) is 55.3 Å². The normalized spacial score (nSPS) is 53.8. The molecule has 130 valence electrons. The van der Waals surface area contributed by atoms with Crippen LogP contribution in [0, 0.1) is 52.8 Å². The number of terminal acetylenes is 1. The van der Waals surface area contributed by atoms with Gasteiger partial charge in [0.25, 0.3) is 0 Å². The molecule has 0 amide bonds. The molecule has 24 heavy (non-hydrogen) atoms. The third-order valence-corrected chi connectivity index (χ3v) is 8.44. The van der Waals surface area contributed by atoms with Crippen LogP contribution in [0.4, 0.5) is 0 Å². The molecule has 4 aliphatic rings. The summed E-state index contributed by atoms with van der Waals surface area (Å²) in [4.78, 5) is 25.5. The van der Waals surface area contributed by atoms with Gasteiger partial charge < -0.3 is 5.11 Å². The van der Waals surface area contributed by atoms with Crippen LogP contribution in [0.3, 0.4) is 0 Å². The number of hydrogen-bond acceptors (Lipinski definition) is 3. The Morgan fingerprint density at radius 3 is 2.67 bits per heavy atom. The van der Waals surface area contributed by atoms with Crippen LogP contribution in [0.1, 0.15) is 58.8 Å². The minimum absolute atomic E-state index is 0.0156. The van der Waals surface area contributed by atoms with E-state index >= 15 is 0 Å². The standard InChI is InChI=1S/C21H28O3/c1-4-12-9-13-10-16(22)19-14-5-6-18(24)20(14,2)8-7-15(19)21(13,3)11-17(12)23/h1,12-15,17,19,23H,5-11H2,2-3H3. The molecule has 0 saturated heterocycles. The number of carbonyl (C=O) groups is 2. The third kappa shape index (κ3) is 1.96. The van der Waals surface area contributed by atoms with E-state index in [1.165, 1.54) is 0 Å². The monoisotopic (exact) mass is 328 g/mol. The molecular weight excluding hydrogens is 300 g/mol. The molecule has 1 N–H and O–H groups in total. The van der Waals surface area contributed by atoms with Gasteiger partial charge in [0.15, 0.2) is 0 Å². The molecule has 0 aromatic heterocycles. The Bertz CT molecular complexity index is 631. The lowest BCUT2D eigenvalue weighted by Crippen LogP contribution is -2.58. The van der Waals surface area contributed by atoms with Crippen LogP contribution in [-0.2, 0) is 9.59 Å². The Morgan fingerprint density at radius 2 is 1.96 bits per heavy atom. The van der Waals surface area contributed by atoms with Crippen LogP contribution in [0.5, 0.6) is 0 Å². The zero-order chi connectivity index (χ0) is 17.3. The molecule has 3 nitrogen and oxygen atoms in total. The van der Waals surface area contributed by atoms with E-state index in [1.807, 2.05) is 0 Å². The Morgan fingerprint density at radius 1 is 1.21 bits per heavy atom. The Kier molecular flexibility index (Phi) is 3.52. The molecule has 0 spiro atoms. The van der Waals surface area contributed by atoms with E-state index in [4.69, 9.17) is 6.42 Å². The fraction of sp³-hybridized carbons (Fsp3) is 0.810. The summed E-state index contributed by atoms with van der Waals surface area (Å²) in [5.41, 5.74) is -0.299. The number of rotatable bonds is 0. The lowest BCUT2D eigenvalue weighted by Gasteiger charge is -2.59. The van der Waals surface area contributed by atoms with Gasteiger partial charge in [0.05, 0.1) is 6.10 Å². The topological polar surface area (TPSA) is 54.4 Å². The third-order valence-electron chi connectivity index (χ3n) is 8.44. The minimum Gasteiger partial charge on any atom is -0.392 e. The van der Waals surface area contributed by atoms with E-state index in [1.54, 1.807) is 0 Å². The van der Waals surface area contributed by atoms with Crippen molar-refractivity contribution in [3.05, 3.63) is 0 Å². The largest absolute Gasteiger partial charge is 0.392 e. The van der Waals surface area contributed by atoms with Crippen LogP contribution in [-0.4, -0.2) is 22.8 Å². The highest BCUT2D eigenvalue weighted by atomic mass is 16.3. The summed E-state index contributed by atoms with van der Waals surface area (Å²) in [7, 11) is 0. The van der Waals surface area contributed by atoms with Gasteiger partial charge in [-0.15, -0.1) is 12.3 Å². The Hall–Kier alpha value is -1.14. The molecule has 4 rings (SSSR count). The van der Waals surface area contributed by atoms with Crippen molar-refractivity contribution in [3.63, 3.8) is 0 Å². The van der Waals surface area contributed by atoms with Crippen LogP contribution < -0.4 is 0 Å². The summed E-state index contributed by atoms with van der Waals surface area (Å²) in [6, 6.07) is 0. The highest BCUT2D eigenvalue weighted by Crippen LogP contribution is 2.64. The molecular formula is C21H28O3. The second-order valence-corrected chi connectivity index (χ2v) is 9.31. The molecule has 0 aromatic rings. The fourth-order valence-corrected chi connectivity index (χ4v) is 6.92. The van der Waals surface area contributed by atoms with Gasteiger partial charge in [-0.3, -0.25) is 9.59 Å². The summed E-state index contributed by atoms with van der Waals surface area (Å²) >= 11 is 0. The molecule has 0 bridgehead atoms. The molecule has 0 aliphatic heterocycles. The average Bonchev–Trinajstić information content (AvgIpc) is 2.83. The summed E-state index contributed by atoms with van der Waals surface area (Å²) in [6.07, 6.45) is 10.6. The van der Waals surface area contributed by atoms with Gasteiger partial charge in [-0.2, -0.15) is 0 Å². The fourth-order valence-electron chi connectivity index (χ4n) is 6.92. The van der Waals surface area contributed by atoms with Crippen molar-refractivity contribution in [2.75, 3.05) is 0 Å². The first-order chi connectivity index (χ1) is 11.3. The maximum Gasteiger partial charge on any atom is 0.139 e. The molecule has 3 heteroatoms. The Labute approximate surface area is 144 Å². The lowest BCUT2D eigenvalue weighted by molar-refractivity contribution is -0.164. The average molecular weight is 328 g/mol. The number of fused-ring (bicyclic) bond motifs is 5. The lowest BCUT2D eigenvalue weighted by atomic mass is 9.44. The van der Waals surface area contributed by atoms with Gasteiger partial charge in [0.2, 0.25) is 0 Å². The van der Waals surface area contributed by atoms with Crippen molar-refractivity contribution in [1.29, 1.82) is 0 Å². The van der Waals surface area contributed by atoms with Crippen molar-refractivity contribution in [1.82, 2.24) is 0 Å². The van der Waals surface area contributed by atoms with Gasteiger partial charge >= 0.3 is 0 Å². The van der Waals surface area contributed by atoms with Gasteiger partial charge in [0, 0.05) is 30.1 Å². The molecule has 0 heterocycles. The first-order valence-electron chi connectivity index (χ1n) is 9.51. The zero-order valence-electron chi connectivity index (χ0n) is 14.8. The maximum atomic E-state index is 13.1. The van der Waals surface area contributed by atoms with E-state index in [2.05, 4.69) is 19.8 Å². The van der Waals surface area contributed by atoms with Crippen molar-refractivity contribution < 1.29 is 14.7 Å². The number of carbonyl (C=O) groups excluding carboxylic acids is 2. The van der Waals surface area contributed by atoms with E-state index < -0.39 is 6.10 Å². The van der Waals surface area contributed by atoms with Crippen LogP contribution in [0.25, 0.3) is 0 Å². The van der Waals surface area contributed by atoms with Gasteiger partial charge in [0.1, 0.15) is 11.6 Å². The minimum atomic E-state index is -0.455. The summed E-state index contributed by atoms with van der Waals surface area (Å²) in [5.74, 6) is 4.18. The second kappa shape index (κ2) is 5.18. The zero-order valence-corrected chi connectivity index (χ0v) is 14.8. The smallest absolute Gasteiger partial charge is 0.139 e. The van der Waals surface area contributed by atoms with E-state index in [9.17, 15) is 14.7 Å². The SMILES string of the molecule is C#CC1CC2CC(=O)C3C4CCC(=O)C4(C)CCC3C2(C)CC1O. The molecule has 4 saturated carbocycles. The van der Waals surface area contributed by atoms with Crippen molar-refractivity contribution in [2.24, 2.45) is 40.4 Å². The van der Waals surface area contributed by atoms with E-state index in [-0.39, 0.29) is 34.5 Å². The quantitative estimate of drug-likeness (QED) is 0.696. The van der Waals surface area contributed by atoms with Crippen LogP contribution in [0.15, 0.2) is 0 Å². The van der Waals surface area contributed by atoms with E-state index in [0.29, 0.717) is 36.7 Å². The first kappa shape index (κ1) is 16.3. The van der Waals surface area contributed by atoms with Crippen molar-refractivity contribution in [3.8, 4) is 12.3 Å². The first-order valence-corrected chi connectivity index (χ1v) is 9.51. The van der Waals surface area contributed by atoms with Crippen LogP contribution in [0.2, 0.25) is 0 Å². The highest BCUT2D eigenvalue weighted by molar-refractivity contribution is 5.90. The van der Waals surface area contributed by atoms with Gasteiger partial charge in [-0.1, -0.05) is 13.8 Å². The highest BCUT2D eigenvalue weighted by Gasteiger charge is 2.63. The maximum absolute atomic E-state index is 13.1. The molecule has 8 atom stereocenters. The predicted molar refractivity (Wildman–Crippen MR) is 90.8 cm³/mol. The number of ketones is 2. The number of aliphatic hydroxyl groups is 1.